The van der Waals surface area contributed by atoms with E-state index in [2.05, 4.69) is 16.4 Å². The van der Waals surface area contributed by atoms with E-state index in [1.54, 1.807) is 12.1 Å². The van der Waals surface area contributed by atoms with Crippen LogP contribution in [0.2, 0.25) is 0 Å². The van der Waals surface area contributed by atoms with E-state index in [0.29, 0.717) is 29.5 Å². The summed E-state index contributed by atoms with van der Waals surface area (Å²) in [6.07, 6.45) is -2.44. The second-order valence-corrected chi connectivity index (χ2v) is 7.96. The van der Waals surface area contributed by atoms with E-state index in [4.69, 9.17) is 0 Å². The van der Waals surface area contributed by atoms with Crippen LogP contribution in [0.25, 0.3) is 11.1 Å². The molecule has 36 heavy (non-hydrogen) atoms. The minimum Gasteiger partial charge on any atom is -0.459 e. The number of aryl methyl sites for hydroxylation is 1. The van der Waals surface area contributed by atoms with Crippen molar-refractivity contribution >= 4 is 0 Å². The van der Waals surface area contributed by atoms with Crippen LogP contribution in [-0.2, 0) is 12.5 Å². The first-order valence-electron chi connectivity index (χ1n) is 11.2. The molecule has 0 N–H and O–H groups in total. The zero-order chi connectivity index (χ0) is 26.3. The molecule has 0 aromatic heterocycles. The number of benzene rings is 3. The Balaban J connectivity index is 1.76. The van der Waals surface area contributed by atoms with Gasteiger partial charge in [-0.1, -0.05) is 50.1 Å². The van der Waals surface area contributed by atoms with Crippen LogP contribution in [-0.4, -0.2) is 6.43 Å². The summed E-state index contributed by atoms with van der Waals surface area (Å²) in [6, 6.07) is 11.1. The maximum Gasteiger partial charge on any atom is 0.429 e. The lowest BCUT2D eigenvalue weighted by molar-refractivity contribution is -0.187. The van der Waals surface area contributed by atoms with Crippen LogP contribution in [0.15, 0.2) is 66.9 Å². The standard InChI is InChI=1S/C27H23F7O2/c1-2-3-4-5-17-6-8-18(9-7-17)19-10-11-21(22(28)14-19)27(33,34)36-20-15-23(29)26(24(30)16-20)35-13-12-25(31)32/h6-16,25H,2-5H2,1H3/b13-12+. The second-order valence-electron chi connectivity index (χ2n) is 7.96. The highest BCUT2D eigenvalue weighted by Crippen LogP contribution is 2.37. The maximum atomic E-state index is 14.7. The minimum absolute atomic E-state index is 0.228. The van der Waals surface area contributed by atoms with Gasteiger partial charge in [0.1, 0.15) is 11.6 Å². The van der Waals surface area contributed by atoms with Crippen LogP contribution in [0.3, 0.4) is 0 Å². The maximum absolute atomic E-state index is 14.7. The number of ether oxygens (including phenoxy) is 2. The van der Waals surface area contributed by atoms with Crippen molar-refractivity contribution < 1.29 is 40.2 Å². The second kappa shape index (κ2) is 12.0. The van der Waals surface area contributed by atoms with E-state index in [1.165, 1.54) is 6.07 Å². The van der Waals surface area contributed by atoms with E-state index in [9.17, 15) is 30.7 Å². The monoisotopic (exact) mass is 512 g/mol. The van der Waals surface area contributed by atoms with Crippen molar-refractivity contribution in [1.29, 1.82) is 0 Å². The molecule has 0 atom stereocenters. The Kier molecular flexibility index (Phi) is 9.01. The van der Waals surface area contributed by atoms with Gasteiger partial charge in [-0.05, 0) is 41.7 Å². The Labute approximate surface area is 204 Å². The molecule has 0 unspecified atom stereocenters. The summed E-state index contributed by atoms with van der Waals surface area (Å²) in [5, 5.41) is 0. The van der Waals surface area contributed by atoms with Crippen molar-refractivity contribution in [2.75, 3.05) is 0 Å². The first kappa shape index (κ1) is 27.1. The quantitative estimate of drug-likeness (QED) is 0.145. The van der Waals surface area contributed by atoms with Crippen molar-refractivity contribution in [2.45, 2.75) is 45.1 Å². The average molecular weight is 512 g/mol. The first-order chi connectivity index (χ1) is 17.1. The molecule has 2 nitrogen and oxygen atoms in total. The van der Waals surface area contributed by atoms with E-state index < -0.39 is 47.0 Å². The van der Waals surface area contributed by atoms with Gasteiger partial charge >= 0.3 is 6.11 Å². The molecule has 0 aliphatic carbocycles. The van der Waals surface area contributed by atoms with Gasteiger partial charge in [-0.2, -0.15) is 8.78 Å². The van der Waals surface area contributed by atoms with Crippen LogP contribution in [0.5, 0.6) is 11.5 Å². The molecule has 192 valence electrons. The van der Waals surface area contributed by atoms with Crippen LogP contribution in [0.1, 0.15) is 37.3 Å². The smallest absolute Gasteiger partial charge is 0.429 e. The molecular weight excluding hydrogens is 489 g/mol. The number of rotatable bonds is 11. The lowest BCUT2D eigenvalue weighted by Crippen LogP contribution is -2.23. The molecule has 3 rings (SSSR count). The van der Waals surface area contributed by atoms with E-state index in [-0.39, 0.29) is 6.08 Å². The number of unbranched alkanes of at least 4 members (excludes halogenated alkanes) is 2. The van der Waals surface area contributed by atoms with Crippen molar-refractivity contribution in [1.82, 2.24) is 0 Å². The highest BCUT2D eigenvalue weighted by molar-refractivity contribution is 5.64. The molecule has 3 aromatic carbocycles. The number of halogens is 7. The lowest BCUT2D eigenvalue weighted by Gasteiger charge is -2.20. The molecule has 0 spiro atoms. The molecule has 3 aromatic rings. The van der Waals surface area contributed by atoms with Gasteiger partial charge in [-0.25, -0.2) is 22.0 Å². The molecule has 0 bridgehead atoms. The predicted octanol–water partition coefficient (Wildman–Crippen LogP) is 8.79. The highest BCUT2D eigenvalue weighted by atomic mass is 19.3. The van der Waals surface area contributed by atoms with Crippen molar-refractivity contribution in [2.24, 2.45) is 0 Å². The van der Waals surface area contributed by atoms with Gasteiger partial charge in [0.15, 0.2) is 17.4 Å². The molecule has 0 aliphatic heterocycles. The molecule has 0 fully saturated rings. The fourth-order valence-electron chi connectivity index (χ4n) is 3.45. The minimum atomic E-state index is -4.28. The van der Waals surface area contributed by atoms with Crippen LogP contribution in [0.4, 0.5) is 30.7 Å². The summed E-state index contributed by atoms with van der Waals surface area (Å²) >= 11 is 0. The Bertz CT molecular complexity index is 1170. The Hall–Kier alpha value is -3.49. The summed E-state index contributed by atoms with van der Waals surface area (Å²) in [7, 11) is 0. The third kappa shape index (κ3) is 7.02. The largest absolute Gasteiger partial charge is 0.459 e. The Morgan fingerprint density at radius 3 is 2.06 bits per heavy atom. The van der Waals surface area contributed by atoms with Gasteiger partial charge in [0, 0.05) is 18.2 Å². The fraction of sp³-hybridized carbons (Fsp3) is 0.259. The Morgan fingerprint density at radius 2 is 1.47 bits per heavy atom. The summed E-state index contributed by atoms with van der Waals surface area (Å²) in [5.74, 6) is -6.28. The average Bonchev–Trinajstić information content (AvgIpc) is 2.81. The third-order valence-corrected chi connectivity index (χ3v) is 5.27. The van der Waals surface area contributed by atoms with Gasteiger partial charge in [0.25, 0.3) is 6.43 Å². The van der Waals surface area contributed by atoms with E-state index >= 15 is 0 Å². The molecule has 9 heteroatoms. The normalized spacial score (nSPS) is 11.9. The molecular formula is C27H23F7O2. The lowest BCUT2D eigenvalue weighted by atomic mass is 10.00. The van der Waals surface area contributed by atoms with Crippen molar-refractivity contribution in [3.8, 4) is 22.6 Å². The molecule has 0 amide bonds. The summed E-state index contributed by atoms with van der Waals surface area (Å²) in [4.78, 5) is 0. The van der Waals surface area contributed by atoms with E-state index in [0.717, 1.165) is 43.4 Å². The van der Waals surface area contributed by atoms with Gasteiger partial charge in [0.05, 0.1) is 11.8 Å². The number of hydrogen-bond donors (Lipinski definition) is 0. The first-order valence-corrected chi connectivity index (χ1v) is 11.2. The molecule has 0 radical (unpaired) electrons. The Morgan fingerprint density at radius 1 is 0.833 bits per heavy atom. The zero-order valence-corrected chi connectivity index (χ0v) is 19.2. The highest BCUT2D eigenvalue weighted by Gasteiger charge is 2.38. The third-order valence-electron chi connectivity index (χ3n) is 5.27. The van der Waals surface area contributed by atoms with Crippen molar-refractivity contribution in [3.63, 3.8) is 0 Å². The molecule has 0 heterocycles. The SMILES string of the molecule is CCCCCc1ccc(-c2ccc(C(F)(F)Oc3cc(F)c(O/C=C/C(F)F)c(F)c3)c(F)c2)cc1. The topological polar surface area (TPSA) is 18.5 Å². The summed E-state index contributed by atoms with van der Waals surface area (Å²) < 4.78 is 105. The van der Waals surface area contributed by atoms with Crippen LogP contribution >= 0.6 is 0 Å². The number of allylic oxidation sites excluding steroid dienone is 1. The van der Waals surface area contributed by atoms with Crippen LogP contribution < -0.4 is 9.47 Å². The van der Waals surface area contributed by atoms with Gasteiger partial charge in [-0.3, -0.25) is 0 Å². The summed E-state index contributed by atoms with van der Waals surface area (Å²) in [6.45, 7) is 2.11. The zero-order valence-electron chi connectivity index (χ0n) is 19.2. The predicted molar refractivity (Wildman–Crippen MR) is 122 cm³/mol. The van der Waals surface area contributed by atoms with Crippen LogP contribution in [0, 0.1) is 17.5 Å². The fourth-order valence-corrected chi connectivity index (χ4v) is 3.45. The number of alkyl halides is 4. The molecule has 0 saturated carbocycles. The van der Waals surface area contributed by atoms with Gasteiger partial charge < -0.3 is 9.47 Å². The van der Waals surface area contributed by atoms with E-state index in [1.807, 2.05) is 12.1 Å². The molecule has 0 saturated heterocycles. The number of hydrogen-bond acceptors (Lipinski definition) is 2. The van der Waals surface area contributed by atoms with Gasteiger partial charge in [-0.15, -0.1) is 0 Å². The molecule has 0 aliphatic rings. The summed E-state index contributed by atoms with van der Waals surface area (Å²) in [5.41, 5.74) is 0.973. The van der Waals surface area contributed by atoms with Crippen molar-refractivity contribution in [3.05, 3.63) is 95.5 Å². The van der Waals surface area contributed by atoms with Gasteiger partial charge in [0.2, 0.25) is 0 Å².